The highest BCUT2D eigenvalue weighted by Gasteiger charge is 2.16. The van der Waals surface area contributed by atoms with Gasteiger partial charge in [-0.1, -0.05) is 12.1 Å². The molecule has 0 aliphatic rings. The summed E-state index contributed by atoms with van der Waals surface area (Å²) in [7, 11) is -3.58. The van der Waals surface area contributed by atoms with Crippen LogP contribution in [0.5, 0.6) is 0 Å². The fourth-order valence-electron chi connectivity index (χ4n) is 1.51. The lowest BCUT2D eigenvalue weighted by Gasteiger charge is -2.05. The van der Waals surface area contributed by atoms with Gasteiger partial charge in [-0.3, -0.25) is 0 Å². The first-order chi connectivity index (χ1) is 9.38. The number of hydrogen-bond acceptors (Lipinski definition) is 4. The average Bonchev–Trinajstić information content (AvgIpc) is 2.84. The van der Waals surface area contributed by atoms with Crippen molar-refractivity contribution in [3.63, 3.8) is 0 Å². The number of hydrogen-bond donors (Lipinski definition) is 2. The summed E-state index contributed by atoms with van der Waals surface area (Å²) in [5.74, 6) is -1.04. The maximum atomic E-state index is 12.0. The van der Waals surface area contributed by atoms with Gasteiger partial charge in [0.05, 0.1) is 9.35 Å². The summed E-state index contributed by atoms with van der Waals surface area (Å²) in [6.07, 6.45) is 0. The van der Waals surface area contributed by atoms with Crippen LogP contribution >= 0.6 is 27.3 Å². The van der Waals surface area contributed by atoms with Crippen LogP contribution in [-0.2, 0) is 16.6 Å². The molecule has 0 unspecified atom stereocenters. The molecule has 0 saturated carbocycles. The first-order valence-electron chi connectivity index (χ1n) is 5.46. The number of carbonyl (C=O) groups is 1. The van der Waals surface area contributed by atoms with Gasteiger partial charge in [-0.05, 0) is 45.8 Å². The van der Waals surface area contributed by atoms with Gasteiger partial charge in [0.1, 0.15) is 4.21 Å². The van der Waals surface area contributed by atoms with Crippen molar-refractivity contribution >= 4 is 43.3 Å². The zero-order chi connectivity index (χ0) is 14.8. The molecule has 0 radical (unpaired) electrons. The van der Waals surface area contributed by atoms with Gasteiger partial charge < -0.3 is 5.11 Å². The smallest absolute Gasteiger partial charge is 0.335 e. The van der Waals surface area contributed by atoms with Gasteiger partial charge in [0.25, 0.3) is 0 Å². The van der Waals surface area contributed by atoms with Crippen molar-refractivity contribution in [3.05, 3.63) is 51.3 Å². The van der Waals surface area contributed by atoms with Crippen LogP contribution in [-0.4, -0.2) is 19.5 Å². The van der Waals surface area contributed by atoms with Crippen molar-refractivity contribution in [2.75, 3.05) is 0 Å². The zero-order valence-electron chi connectivity index (χ0n) is 10.0. The summed E-state index contributed by atoms with van der Waals surface area (Å²) in [6.45, 7) is 0.0406. The second-order valence-corrected chi connectivity index (χ2v) is 8.35. The van der Waals surface area contributed by atoms with Crippen molar-refractivity contribution in [1.29, 1.82) is 0 Å². The van der Waals surface area contributed by atoms with Crippen molar-refractivity contribution in [1.82, 2.24) is 4.72 Å². The van der Waals surface area contributed by atoms with E-state index in [-0.39, 0.29) is 16.3 Å². The molecule has 0 spiro atoms. The summed E-state index contributed by atoms with van der Waals surface area (Å²) < 4.78 is 27.4. The summed E-state index contributed by atoms with van der Waals surface area (Å²) >= 11 is 4.32. The van der Waals surface area contributed by atoms with Gasteiger partial charge in [-0.2, -0.15) is 0 Å². The topological polar surface area (TPSA) is 83.5 Å². The Morgan fingerprint density at radius 2 is 2.05 bits per heavy atom. The standard InChI is InChI=1S/C12H10BrNO4S2/c13-10-4-5-11(19-10)20(17,18)14-7-8-2-1-3-9(6-8)12(15)16/h1-6,14H,7H2,(H,15,16). The number of benzene rings is 1. The second-order valence-electron chi connectivity index (χ2n) is 3.89. The Balaban J connectivity index is 2.12. The quantitative estimate of drug-likeness (QED) is 0.841. The third-order valence-electron chi connectivity index (χ3n) is 2.45. The average molecular weight is 376 g/mol. The number of aromatic carboxylic acids is 1. The van der Waals surface area contributed by atoms with Gasteiger partial charge in [0.15, 0.2) is 0 Å². The molecule has 0 saturated heterocycles. The van der Waals surface area contributed by atoms with Crippen LogP contribution in [0.2, 0.25) is 0 Å². The Labute approximate surface area is 128 Å². The van der Waals surface area contributed by atoms with Crippen LogP contribution < -0.4 is 4.72 Å². The summed E-state index contributed by atoms with van der Waals surface area (Å²) in [5, 5.41) is 8.88. The molecule has 2 rings (SSSR count). The van der Waals surface area contributed by atoms with Crippen LogP contribution in [0, 0.1) is 0 Å². The molecule has 20 heavy (non-hydrogen) atoms. The molecule has 0 bridgehead atoms. The number of nitrogens with one attached hydrogen (secondary N) is 1. The molecule has 0 aliphatic heterocycles. The van der Waals surface area contributed by atoms with Crippen molar-refractivity contribution < 1.29 is 18.3 Å². The number of sulfonamides is 1. The third-order valence-corrected chi connectivity index (χ3v) is 5.97. The fraction of sp³-hybridized carbons (Fsp3) is 0.0833. The molecule has 0 atom stereocenters. The first-order valence-corrected chi connectivity index (χ1v) is 8.55. The number of carboxylic acids is 1. The van der Waals surface area contributed by atoms with Gasteiger partial charge in [-0.25, -0.2) is 17.9 Å². The molecule has 5 nitrogen and oxygen atoms in total. The van der Waals surface area contributed by atoms with Crippen molar-refractivity contribution in [2.45, 2.75) is 10.8 Å². The SMILES string of the molecule is O=C(O)c1cccc(CNS(=O)(=O)c2ccc(Br)s2)c1. The van der Waals surface area contributed by atoms with E-state index in [0.717, 1.165) is 15.1 Å². The van der Waals surface area contributed by atoms with Crippen LogP contribution in [0.1, 0.15) is 15.9 Å². The molecule has 2 N–H and O–H groups in total. The van der Waals surface area contributed by atoms with E-state index in [1.54, 1.807) is 18.2 Å². The molecule has 0 fully saturated rings. The van der Waals surface area contributed by atoms with Gasteiger partial charge in [0.2, 0.25) is 10.0 Å². The van der Waals surface area contributed by atoms with Crippen molar-refractivity contribution in [3.8, 4) is 0 Å². The Hall–Kier alpha value is -1.22. The monoisotopic (exact) mass is 375 g/mol. The van der Waals surface area contributed by atoms with E-state index in [2.05, 4.69) is 20.7 Å². The lowest BCUT2D eigenvalue weighted by molar-refractivity contribution is 0.0696. The number of rotatable bonds is 5. The van der Waals surface area contributed by atoms with Crippen LogP contribution in [0.3, 0.4) is 0 Å². The molecule has 2 aromatic rings. The summed E-state index contributed by atoms with van der Waals surface area (Å²) in [4.78, 5) is 10.8. The Kier molecular flexibility index (Phi) is 4.59. The molecular weight excluding hydrogens is 366 g/mol. The normalized spacial score (nSPS) is 11.4. The number of thiophene rings is 1. The molecule has 0 amide bonds. The van der Waals surface area contributed by atoms with E-state index in [1.165, 1.54) is 18.2 Å². The lowest BCUT2D eigenvalue weighted by atomic mass is 10.1. The molecule has 0 aliphatic carbocycles. The molecule has 106 valence electrons. The molecule has 1 aromatic carbocycles. The molecule has 8 heteroatoms. The molecular formula is C12H10BrNO4S2. The Morgan fingerprint density at radius 1 is 1.30 bits per heavy atom. The van der Waals surface area contributed by atoms with E-state index >= 15 is 0 Å². The maximum absolute atomic E-state index is 12.0. The third kappa shape index (κ3) is 3.66. The predicted octanol–water partition coefficient (Wildman–Crippen LogP) is 2.69. The number of halogens is 1. The number of carboxylic acid groups (broad SMARTS) is 1. The van der Waals surface area contributed by atoms with E-state index in [4.69, 9.17) is 5.11 Å². The van der Waals surface area contributed by atoms with Crippen LogP contribution in [0.4, 0.5) is 0 Å². The van der Waals surface area contributed by atoms with Gasteiger partial charge >= 0.3 is 5.97 Å². The first kappa shape index (κ1) is 15.2. The van der Waals surface area contributed by atoms with E-state index in [0.29, 0.717) is 5.56 Å². The minimum atomic E-state index is -3.58. The predicted molar refractivity (Wildman–Crippen MR) is 79.4 cm³/mol. The summed E-state index contributed by atoms with van der Waals surface area (Å²) in [5.41, 5.74) is 0.713. The zero-order valence-corrected chi connectivity index (χ0v) is 13.3. The highest BCUT2D eigenvalue weighted by molar-refractivity contribution is 9.11. The van der Waals surface area contributed by atoms with Crippen LogP contribution in [0.15, 0.2) is 44.4 Å². The van der Waals surface area contributed by atoms with Crippen LogP contribution in [0.25, 0.3) is 0 Å². The largest absolute Gasteiger partial charge is 0.478 e. The minimum Gasteiger partial charge on any atom is -0.478 e. The molecule has 1 aromatic heterocycles. The minimum absolute atomic E-state index is 0.0406. The Bertz CT molecular complexity index is 739. The second kappa shape index (κ2) is 6.04. The van der Waals surface area contributed by atoms with E-state index in [1.807, 2.05) is 0 Å². The molecule has 1 heterocycles. The van der Waals surface area contributed by atoms with E-state index < -0.39 is 16.0 Å². The van der Waals surface area contributed by atoms with E-state index in [9.17, 15) is 13.2 Å². The fourth-order valence-corrected chi connectivity index (χ4v) is 4.58. The van der Waals surface area contributed by atoms with Gasteiger partial charge in [0, 0.05) is 6.54 Å². The van der Waals surface area contributed by atoms with Gasteiger partial charge in [-0.15, -0.1) is 11.3 Å². The highest BCUT2D eigenvalue weighted by atomic mass is 79.9. The highest BCUT2D eigenvalue weighted by Crippen LogP contribution is 2.25. The lowest BCUT2D eigenvalue weighted by Crippen LogP contribution is -2.22. The van der Waals surface area contributed by atoms with Crippen molar-refractivity contribution in [2.24, 2.45) is 0 Å². The Morgan fingerprint density at radius 3 is 2.65 bits per heavy atom. The summed E-state index contributed by atoms with van der Waals surface area (Å²) in [6, 6.07) is 9.30. The maximum Gasteiger partial charge on any atom is 0.335 e.